The van der Waals surface area contributed by atoms with Crippen molar-refractivity contribution >= 4 is 62.9 Å². The van der Waals surface area contributed by atoms with Gasteiger partial charge in [-0.3, -0.25) is 4.79 Å². The molecule has 0 saturated heterocycles. The standard InChI is InChI=1S/C21H14BrCl3N2O2/c22-17-9-14(3-8-20(17)29-12-13-1-5-16(23)6-2-13)11-26-27-21(28)15-4-7-18(24)19(25)10-15/h1-11H,12H2,(H,27,28)/b26-11-. The third kappa shape index (κ3) is 6.21. The minimum atomic E-state index is -0.387. The summed E-state index contributed by atoms with van der Waals surface area (Å²) in [5, 5.41) is 5.34. The lowest BCUT2D eigenvalue weighted by Crippen LogP contribution is -2.17. The van der Waals surface area contributed by atoms with Crippen molar-refractivity contribution in [1.29, 1.82) is 0 Å². The molecule has 0 unspecified atom stereocenters. The molecule has 0 fully saturated rings. The molecule has 0 spiro atoms. The number of nitrogens with one attached hydrogen (secondary N) is 1. The predicted molar refractivity (Wildman–Crippen MR) is 121 cm³/mol. The molecule has 29 heavy (non-hydrogen) atoms. The van der Waals surface area contributed by atoms with E-state index in [0.717, 1.165) is 15.6 Å². The van der Waals surface area contributed by atoms with Crippen LogP contribution < -0.4 is 10.2 Å². The zero-order valence-electron chi connectivity index (χ0n) is 14.8. The van der Waals surface area contributed by atoms with Crippen molar-refractivity contribution in [2.45, 2.75) is 6.61 Å². The Bertz CT molecular complexity index is 1060. The Morgan fingerprint density at radius 1 is 1.00 bits per heavy atom. The number of ether oxygens (including phenoxy) is 1. The van der Waals surface area contributed by atoms with Gasteiger partial charge in [0.1, 0.15) is 12.4 Å². The molecule has 1 amide bonds. The lowest BCUT2D eigenvalue weighted by molar-refractivity contribution is 0.0955. The molecule has 3 rings (SSSR count). The molecule has 0 atom stereocenters. The average Bonchev–Trinajstić information content (AvgIpc) is 2.70. The fourth-order valence-electron chi connectivity index (χ4n) is 2.32. The number of nitrogens with zero attached hydrogens (tertiary/aromatic N) is 1. The molecule has 3 aromatic carbocycles. The Morgan fingerprint density at radius 2 is 1.76 bits per heavy atom. The number of hydrogen-bond acceptors (Lipinski definition) is 3. The fourth-order valence-corrected chi connectivity index (χ4v) is 3.26. The first-order valence-corrected chi connectivity index (χ1v) is 10.3. The van der Waals surface area contributed by atoms with E-state index in [1.807, 2.05) is 42.5 Å². The summed E-state index contributed by atoms with van der Waals surface area (Å²) >= 11 is 21.1. The molecule has 0 saturated carbocycles. The van der Waals surface area contributed by atoms with E-state index < -0.39 is 0 Å². The number of benzene rings is 3. The normalized spacial score (nSPS) is 10.9. The van der Waals surface area contributed by atoms with Gasteiger partial charge < -0.3 is 4.74 Å². The van der Waals surface area contributed by atoms with Crippen molar-refractivity contribution in [2.24, 2.45) is 5.10 Å². The largest absolute Gasteiger partial charge is 0.488 e. The highest BCUT2D eigenvalue weighted by atomic mass is 79.9. The van der Waals surface area contributed by atoms with Gasteiger partial charge in [-0.05, 0) is 75.6 Å². The van der Waals surface area contributed by atoms with Crippen LogP contribution in [0.1, 0.15) is 21.5 Å². The number of hydrogen-bond donors (Lipinski definition) is 1. The third-order valence-corrected chi connectivity index (χ3v) is 5.44. The van der Waals surface area contributed by atoms with E-state index in [9.17, 15) is 4.79 Å². The van der Waals surface area contributed by atoms with Gasteiger partial charge in [-0.2, -0.15) is 5.10 Å². The van der Waals surface area contributed by atoms with E-state index in [4.69, 9.17) is 39.5 Å². The molecule has 148 valence electrons. The van der Waals surface area contributed by atoms with E-state index in [-0.39, 0.29) is 5.91 Å². The summed E-state index contributed by atoms with van der Waals surface area (Å²) < 4.78 is 6.58. The first-order chi connectivity index (χ1) is 13.9. The Morgan fingerprint density at radius 3 is 2.45 bits per heavy atom. The molecular formula is C21H14BrCl3N2O2. The van der Waals surface area contributed by atoms with Crippen molar-refractivity contribution in [3.05, 3.63) is 96.9 Å². The Labute approximate surface area is 191 Å². The SMILES string of the molecule is O=C(N/N=C\c1ccc(OCc2ccc(Cl)cc2)c(Br)c1)c1ccc(Cl)c(Cl)c1. The second-order valence-electron chi connectivity index (χ2n) is 5.93. The smallest absolute Gasteiger partial charge is 0.271 e. The topological polar surface area (TPSA) is 50.7 Å². The molecule has 0 aliphatic rings. The summed E-state index contributed by atoms with van der Waals surface area (Å²) in [6.07, 6.45) is 1.53. The zero-order chi connectivity index (χ0) is 20.8. The summed E-state index contributed by atoms with van der Waals surface area (Å²) in [7, 11) is 0. The Hall–Kier alpha value is -2.05. The molecule has 1 N–H and O–H groups in total. The van der Waals surface area contributed by atoms with Crippen LogP contribution in [0.2, 0.25) is 15.1 Å². The summed E-state index contributed by atoms with van der Waals surface area (Å²) in [5.41, 5.74) is 4.61. The Balaban J connectivity index is 1.58. The molecule has 0 aliphatic heterocycles. The van der Waals surface area contributed by atoms with Gasteiger partial charge in [-0.15, -0.1) is 0 Å². The van der Waals surface area contributed by atoms with Crippen molar-refractivity contribution in [2.75, 3.05) is 0 Å². The summed E-state index contributed by atoms with van der Waals surface area (Å²) in [6.45, 7) is 0.420. The van der Waals surface area contributed by atoms with Crippen LogP contribution in [0.4, 0.5) is 0 Å². The van der Waals surface area contributed by atoms with E-state index >= 15 is 0 Å². The highest BCUT2D eigenvalue weighted by Crippen LogP contribution is 2.26. The predicted octanol–water partition coefficient (Wildman–Crippen LogP) is 6.75. The van der Waals surface area contributed by atoms with Crippen molar-refractivity contribution in [3.63, 3.8) is 0 Å². The second-order valence-corrected chi connectivity index (χ2v) is 8.04. The maximum atomic E-state index is 12.1. The van der Waals surface area contributed by atoms with Gasteiger partial charge in [0.05, 0.1) is 20.7 Å². The summed E-state index contributed by atoms with van der Waals surface area (Å²) in [5.74, 6) is 0.304. The molecule has 0 radical (unpaired) electrons. The molecule has 0 aliphatic carbocycles. The molecule has 0 heterocycles. The fraction of sp³-hybridized carbons (Fsp3) is 0.0476. The summed E-state index contributed by atoms with van der Waals surface area (Å²) in [4.78, 5) is 12.1. The minimum absolute atomic E-state index is 0.307. The van der Waals surface area contributed by atoms with Crippen LogP contribution in [0.25, 0.3) is 0 Å². The number of rotatable bonds is 6. The van der Waals surface area contributed by atoms with Gasteiger partial charge in [0, 0.05) is 10.6 Å². The number of hydrazone groups is 1. The molecule has 0 aromatic heterocycles. The number of amides is 1. The molecule has 3 aromatic rings. The van der Waals surface area contributed by atoms with E-state index in [1.165, 1.54) is 12.3 Å². The lowest BCUT2D eigenvalue weighted by atomic mass is 10.2. The Kier molecular flexibility index (Phi) is 7.56. The number of carbonyl (C=O) groups excluding carboxylic acids is 1. The van der Waals surface area contributed by atoms with Gasteiger partial charge in [0.15, 0.2) is 0 Å². The highest BCUT2D eigenvalue weighted by Gasteiger charge is 2.07. The maximum absolute atomic E-state index is 12.1. The van der Waals surface area contributed by atoms with Gasteiger partial charge in [-0.25, -0.2) is 5.43 Å². The van der Waals surface area contributed by atoms with Crippen LogP contribution in [0.3, 0.4) is 0 Å². The zero-order valence-corrected chi connectivity index (χ0v) is 18.7. The van der Waals surface area contributed by atoms with E-state index in [1.54, 1.807) is 12.1 Å². The first kappa shape index (κ1) is 21.7. The van der Waals surface area contributed by atoms with Crippen LogP contribution in [-0.4, -0.2) is 12.1 Å². The quantitative estimate of drug-likeness (QED) is 0.293. The van der Waals surface area contributed by atoms with Crippen LogP contribution in [0.15, 0.2) is 70.2 Å². The van der Waals surface area contributed by atoms with Crippen LogP contribution in [0.5, 0.6) is 5.75 Å². The number of halogens is 4. The highest BCUT2D eigenvalue weighted by molar-refractivity contribution is 9.10. The third-order valence-electron chi connectivity index (χ3n) is 3.83. The molecule has 8 heteroatoms. The summed E-state index contributed by atoms with van der Waals surface area (Å²) in [6, 6.07) is 17.6. The van der Waals surface area contributed by atoms with Crippen LogP contribution >= 0.6 is 50.7 Å². The van der Waals surface area contributed by atoms with Gasteiger partial charge in [0.2, 0.25) is 0 Å². The first-order valence-electron chi connectivity index (χ1n) is 8.37. The minimum Gasteiger partial charge on any atom is -0.488 e. The average molecular weight is 513 g/mol. The van der Waals surface area contributed by atoms with E-state index in [2.05, 4.69) is 26.5 Å². The van der Waals surface area contributed by atoms with Crippen molar-refractivity contribution in [1.82, 2.24) is 5.43 Å². The van der Waals surface area contributed by atoms with Crippen LogP contribution in [-0.2, 0) is 6.61 Å². The maximum Gasteiger partial charge on any atom is 0.271 e. The van der Waals surface area contributed by atoms with Gasteiger partial charge in [0.25, 0.3) is 5.91 Å². The molecular weight excluding hydrogens is 499 g/mol. The van der Waals surface area contributed by atoms with Gasteiger partial charge in [-0.1, -0.05) is 46.9 Å². The van der Waals surface area contributed by atoms with Crippen molar-refractivity contribution in [3.8, 4) is 5.75 Å². The van der Waals surface area contributed by atoms with E-state index in [0.29, 0.717) is 33.0 Å². The molecule has 4 nitrogen and oxygen atoms in total. The monoisotopic (exact) mass is 510 g/mol. The van der Waals surface area contributed by atoms with Crippen molar-refractivity contribution < 1.29 is 9.53 Å². The molecule has 0 bridgehead atoms. The van der Waals surface area contributed by atoms with Gasteiger partial charge >= 0.3 is 0 Å². The second kappa shape index (κ2) is 10.1. The number of carbonyl (C=O) groups is 1. The van der Waals surface area contributed by atoms with Crippen LogP contribution in [0, 0.1) is 0 Å². The lowest BCUT2D eigenvalue weighted by Gasteiger charge is -2.09.